The Kier molecular flexibility index (Phi) is 5.23. The van der Waals surface area contributed by atoms with Crippen LogP contribution in [-0.2, 0) is 6.42 Å². The SMILES string of the molecule is Cc1cccc(Nc2nccc(NCCc3ccc(F)cc3)n2)c1C. The minimum absolute atomic E-state index is 0.213. The molecule has 1 heterocycles. The molecule has 0 aliphatic carbocycles. The van der Waals surface area contributed by atoms with Gasteiger partial charge >= 0.3 is 0 Å². The molecule has 3 rings (SSSR count). The van der Waals surface area contributed by atoms with Crippen molar-refractivity contribution in [1.82, 2.24) is 9.97 Å². The van der Waals surface area contributed by atoms with Crippen molar-refractivity contribution >= 4 is 17.5 Å². The highest BCUT2D eigenvalue weighted by Crippen LogP contribution is 2.21. The molecular formula is C20H21FN4. The Balaban J connectivity index is 1.61. The zero-order chi connectivity index (χ0) is 17.6. The molecule has 0 saturated heterocycles. The molecule has 2 aromatic carbocycles. The summed E-state index contributed by atoms with van der Waals surface area (Å²) in [5, 5.41) is 6.54. The molecule has 0 bridgehead atoms. The number of anilines is 3. The number of hydrogen-bond donors (Lipinski definition) is 2. The van der Waals surface area contributed by atoms with Crippen molar-refractivity contribution in [2.45, 2.75) is 20.3 Å². The Bertz CT molecular complexity index is 847. The third-order valence-electron chi connectivity index (χ3n) is 4.14. The largest absolute Gasteiger partial charge is 0.370 e. The highest BCUT2D eigenvalue weighted by molar-refractivity contribution is 5.60. The van der Waals surface area contributed by atoms with Crippen LogP contribution in [0.15, 0.2) is 54.7 Å². The Labute approximate surface area is 147 Å². The van der Waals surface area contributed by atoms with E-state index in [-0.39, 0.29) is 5.82 Å². The molecule has 2 N–H and O–H groups in total. The molecule has 4 nitrogen and oxygen atoms in total. The number of rotatable bonds is 6. The molecule has 0 fully saturated rings. The number of aromatic nitrogens is 2. The summed E-state index contributed by atoms with van der Waals surface area (Å²) in [6, 6.07) is 14.5. The highest BCUT2D eigenvalue weighted by Gasteiger charge is 2.04. The summed E-state index contributed by atoms with van der Waals surface area (Å²) >= 11 is 0. The molecule has 1 aromatic heterocycles. The average molecular weight is 336 g/mol. The van der Waals surface area contributed by atoms with Crippen LogP contribution in [0.3, 0.4) is 0 Å². The smallest absolute Gasteiger partial charge is 0.229 e. The monoisotopic (exact) mass is 336 g/mol. The fourth-order valence-corrected chi connectivity index (χ4v) is 2.51. The molecular weight excluding hydrogens is 315 g/mol. The molecule has 128 valence electrons. The molecule has 25 heavy (non-hydrogen) atoms. The zero-order valence-corrected chi connectivity index (χ0v) is 14.4. The van der Waals surface area contributed by atoms with Crippen LogP contribution >= 0.6 is 0 Å². The summed E-state index contributed by atoms with van der Waals surface area (Å²) in [4.78, 5) is 8.77. The Hall–Kier alpha value is -2.95. The number of nitrogens with zero attached hydrogens (tertiary/aromatic N) is 2. The Morgan fingerprint density at radius 2 is 1.80 bits per heavy atom. The van der Waals surface area contributed by atoms with Gasteiger partial charge in [-0.05, 0) is 61.2 Å². The molecule has 0 aliphatic heterocycles. The van der Waals surface area contributed by atoms with Crippen molar-refractivity contribution in [3.63, 3.8) is 0 Å². The minimum Gasteiger partial charge on any atom is -0.370 e. The quantitative estimate of drug-likeness (QED) is 0.689. The van der Waals surface area contributed by atoms with Crippen LogP contribution in [-0.4, -0.2) is 16.5 Å². The maximum atomic E-state index is 12.9. The average Bonchev–Trinajstić information content (AvgIpc) is 2.61. The second-order valence-corrected chi connectivity index (χ2v) is 5.94. The van der Waals surface area contributed by atoms with Crippen LogP contribution in [0.5, 0.6) is 0 Å². The van der Waals surface area contributed by atoms with Gasteiger partial charge in [0.25, 0.3) is 0 Å². The normalized spacial score (nSPS) is 10.5. The fraction of sp³-hybridized carbons (Fsp3) is 0.200. The third kappa shape index (κ3) is 4.53. The Morgan fingerprint density at radius 1 is 1.00 bits per heavy atom. The number of nitrogens with one attached hydrogen (secondary N) is 2. The first-order chi connectivity index (χ1) is 12.1. The zero-order valence-electron chi connectivity index (χ0n) is 14.4. The first-order valence-corrected chi connectivity index (χ1v) is 8.26. The number of benzene rings is 2. The van der Waals surface area contributed by atoms with Gasteiger partial charge in [-0.15, -0.1) is 0 Å². The summed E-state index contributed by atoms with van der Waals surface area (Å²) in [6.07, 6.45) is 2.52. The van der Waals surface area contributed by atoms with Crippen molar-refractivity contribution in [3.8, 4) is 0 Å². The lowest BCUT2D eigenvalue weighted by Gasteiger charge is -2.11. The van der Waals surface area contributed by atoms with E-state index >= 15 is 0 Å². The molecule has 0 spiro atoms. The first kappa shape index (κ1) is 16.9. The van der Waals surface area contributed by atoms with Gasteiger partial charge in [-0.3, -0.25) is 0 Å². The van der Waals surface area contributed by atoms with Gasteiger partial charge < -0.3 is 10.6 Å². The van der Waals surface area contributed by atoms with Crippen LogP contribution in [0.2, 0.25) is 0 Å². The van der Waals surface area contributed by atoms with Gasteiger partial charge in [-0.1, -0.05) is 24.3 Å². The van der Waals surface area contributed by atoms with E-state index in [1.165, 1.54) is 23.3 Å². The number of aryl methyl sites for hydroxylation is 1. The van der Waals surface area contributed by atoms with Crippen LogP contribution in [0.4, 0.5) is 21.8 Å². The summed E-state index contributed by atoms with van der Waals surface area (Å²) in [5.41, 5.74) is 4.49. The van der Waals surface area contributed by atoms with E-state index in [0.717, 1.165) is 23.5 Å². The van der Waals surface area contributed by atoms with Gasteiger partial charge in [0.2, 0.25) is 5.95 Å². The summed E-state index contributed by atoms with van der Waals surface area (Å²) < 4.78 is 12.9. The lowest BCUT2D eigenvalue weighted by Crippen LogP contribution is -2.08. The van der Waals surface area contributed by atoms with E-state index in [4.69, 9.17) is 0 Å². The van der Waals surface area contributed by atoms with E-state index in [9.17, 15) is 4.39 Å². The predicted octanol–water partition coefficient (Wildman–Crippen LogP) is 4.63. The van der Waals surface area contributed by atoms with E-state index in [1.807, 2.05) is 18.2 Å². The molecule has 0 amide bonds. The summed E-state index contributed by atoms with van der Waals surface area (Å²) in [5.74, 6) is 1.10. The molecule has 0 aliphatic rings. The first-order valence-electron chi connectivity index (χ1n) is 8.26. The van der Waals surface area contributed by atoms with E-state index in [2.05, 4.69) is 40.5 Å². The summed E-state index contributed by atoms with van der Waals surface area (Å²) in [7, 11) is 0. The van der Waals surface area contributed by atoms with Crippen molar-refractivity contribution < 1.29 is 4.39 Å². The molecule has 0 unspecified atom stereocenters. The number of hydrogen-bond acceptors (Lipinski definition) is 4. The lowest BCUT2D eigenvalue weighted by molar-refractivity contribution is 0.627. The van der Waals surface area contributed by atoms with E-state index < -0.39 is 0 Å². The van der Waals surface area contributed by atoms with Crippen molar-refractivity contribution in [2.75, 3.05) is 17.2 Å². The molecule has 0 saturated carbocycles. The van der Waals surface area contributed by atoms with Gasteiger partial charge in [0.15, 0.2) is 0 Å². The standard InChI is InChI=1S/C20H21FN4/c1-14-4-3-5-18(15(14)2)24-20-23-13-11-19(25-20)22-12-10-16-6-8-17(21)9-7-16/h3-9,11,13H,10,12H2,1-2H3,(H2,22,23,24,25). The third-order valence-corrected chi connectivity index (χ3v) is 4.14. The molecule has 0 radical (unpaired) electrons. The van der Waals surface area contributed by atoms with Crippen molar-refractivity contribution in [1.29, 1.82) is 0 Å². The number of halogens is 1. The van der Waals surface area contributed by atoms with Gasteiger partial charge in [-0.25, -0.2) is 9.37 Å². The lowest BCUT2D eigenvalue weighted by atomic mass is 10.1. The van der Waals surface area contributed by atoms with Gasteiger partial charge in [0.05, 0.1) is 0 Å². The van der Waals surface area contributed by atoms with Crippen molar-refractivity contribution in [3.05, 3.63) is 77.2 Å². The van der Waals surface area contributed by atoms with Gasteiger partial charge in [-0.2, -0.15) is 4.98 Å². The fourth-order valence-electron chi connectivity index (χ4n) is 2.51. The second kappa shape index (κ2) is 7.75. The minimum atomic E-state index is -0.213. The van der Waals surface area contributed by atoms with Gasteiger partial charge in [0.1, 0.15) is 11.6 Å². The Morgan fingerprint density at radius 3 is 2.60 bits per heavy atom. The van der Waals surface area contributed by atoms with Crippen LogP contribution in [0.1, 0.15) is 16.7 Å². The second-order valence-electron chi connectivity index (χ2n) is 5.94. The van der Waals surface area contributed by atoms with E-state index in [1.54, 1.807) is 18.3 Å². The maximum absolute atomic E-state index is 12.9. The maximum Gasteiger partial charge on any atom is 0.229 e. The molecule has 5 heteroatoms. The summed E-state index contributed by atoms with van der Waals surface area (Å²) in [6.45, 7) is 4.86. The topological polar surface area (TPSA) is 49.8 Å². The van der Waals surface area contributed by atoms with Crippen molar-refractivity contribution in [2.24, 2.45) is 0 Å². The highest BCUT2D eigenvalue weighted by atomic mass is 19.1. The predicted molar refractivity (Wildman–Crippen MR) is 99.8 cm³/mol. The van der Waals surface area contributed by atoms with Crippen LogP contribution < -0.4 is 10.6 Å². The van der Waals surface area contributed by atoms with Crippen LogP contribution in [0.25, 0.3) is 0 Å². The molecule has 3 aromatic rings. The molecule has 0 atom stereocenters. The van der Waals surface area contributed by atoms with Crippen LogP contribution in [0, 0.1) is 19.7 Å². The van der Waals surface area contributed by atoms with Gasteiger partial charge in [0, 0.05) is 18.4 Å². The van der Waals surface area contributed by atoms with E-state index in [0.29, 0.717) is 12.5 Å².